The van der Waals surface area contributed by atoms with Crippen LogP contribution >= 0.6 is 15.9 Å². The van der Waals surface area contributed by atoms with Crippen molar-refractivity contribution < 1.29 is 22.7 Å². The van der Waals surface area contributed by atoms with E-state index in [1.807, 2.05) is 42.6 Å². The number of sulfone groups is 1. The van der Waals surface area contributed by atoms with E-state index in [9.17, 15) is 13.2 Å². The lowest BCUT2D eigenvalue weighted by Gasteiger charge is -2.38. The highest BCUT2D eigenvalue weighted by atomic mass is 79.9. The van der Waals surface area contributed by atoms with Crippen LogP contribution in [0.5, 0.6) is 5.75 Å². The Hall–Kier alpha value is -2.84. The molecule has 0 saturated carbocycles. The van der Waals surface area contributed by atoms with Crippen LogP contribution in [0.1, 0.15) is 30.6 Å². The number of aromatic amines is 1. The summed E-state index contributed by atoms with van der Waals surface area (Å²) < 4.78 is 37.8. The molecular formula is C26H26BrNO5S. The smallest absolute Gasteiger partial charge is 0.310 e. The Morgan fingerprint density at radius 1 is 1.21 bits per heavy atom. The van der Waals surface area contributed by atoms with Gasteiger partial charge in [0.2, 0.25) is 0 Å². The zero-order chi connectivity index (χ0) is 24.3. The highest BCUT2D eigenvalue weighted by molar-refractivity contribution is 9.11. The maximum absolute atomic E-state index is 13.3. The van der Waals surface area contributed by atoms with Crippen molar-refractivity contribution >= 4 is 42.6 Å². The summed E-state index contributed by atoms with van der Waals surface area (Å²) in [6.45, 7) is 2.04. The Kier molecular flexibility index (Phi) is 7.00. The number of halogens is 1. The fraction of sp³-hybridized carbons (Fsp3) is 0.269. The first-order valence-electron chi connectivity index (χ1n) is 11.0. The highest BCUT2D eigenvalue weighted by Crippen LogP contribution is 2.44. The first-order valence-corrected chi connectivity index (χ1v) is 13.6. The first kappa shape index (κ1) is 24.3. The van der Waals surface area contributed by atoms with Gasteiger partial charge in [0, 0.05) is 28.0 Å². The van der Waals surface area contributed by atoms with E-state index in [2.05, 4.69) is 20.9 Å². The third kappa shape index (κ3) is 4.83. The molecule has 1 aliphatic rings. The molecule has 0 aliphatic heterocycles. The topological polar surface area (TPSA) is 85.5 Å². The summed E-state index contributed by atoms with van der Waals surface area (Å²) in [6.07, 6.45) is 7.75. The summed E-state index contributed by atoms with van der Waals surface area (Å²) in [5, 5.41) is 1.01. The predicted octanol–water partition coefficient (Wildman–Crippen LogP) is 5.42. The molecule has 178 valence electrons. The van der Waals surface area contributed by atoms with Crippen molar-refractivity contribution in [1.82, 2.24) is 4.98 Å². The maximum atomic E-state index is 13.3. The van der Waals surface area contributed by atoms with Gasteiger partial charge in [-0.05, 0) is 42.5 Å². The number of rotatable bonds is 8. The van der Waals surface area contributed by atoms with Crippen LogP contribution in [-0.2, 0) is 25.8 Å². The summed E-state index contributed by atoms with van der Waals surface area (Å²) >= 11 is 3.44. The van der Waals surface area contributed by atoms with Gasteiger partial charge in [-0.3, -0.25) is 4.79 Å². The average molecular weight is 544 g/mol. The van der Waals surface area contributed by atoms with Crippen LogP contribution < -0.4 is 4.74 Å². The van der Waals surface area contributed by atoms with Crippen LogP contribution in [-0.4, -0.2) is 37.0 Å². The number of carbonyl (C=O) groups is 1. The SMILES string of the molecule is CCOC(=O)Cc1ccccc1OC(c1ccc2cc[nH]c2c1)C1(S(C)(=O)=O)C=CC(Br)=CC1. The Morgan fingerprint density at radius 3 is 2.71 bits per heavy atom. The molecule has 2 aromatic carbocycles. The minimum Gasteiger partial charge on any atom is -0.483 e. The van der Waals surface area contributed by atoms with E-state index in [-0.39, 0.29) is 25.4 Å². The number of fused-ring (bicyclic) bond motifs is 1. The fourth-order valence-electron chi connectivity index (χ4n) is 4.22. The van der Waals surface area contributed by atoms with Gasteiger partial charge in [-0.1, -0.05) is 64.5 Å². The average Bonchev–Trinajstić information content (AvgIpc) is 3.26. The highest BCUT2D eigenvalue weighted by Gasteiger charge is 2.49. The van der Waals surface area contributed by atoms with E-state index in [0.29, 0.717) is 16.9 Å². The van der Waals surface area contributed by atoms with Gasteiger partial charge in [0.1, 0.15) is 16.6 Å². The number of esters is 1. The minimum atomic E-state index is -3.64. The number of benzene rings is 2. The lowest BCUT2D eigenvalue weighted by atomic mass is 9.88. The van der Waals surface area contributed by atoms with Crippen molar-refractivity contribution in [2.45, 2.75) is 30.6 Å². The quantitative estimate of drug-likeness (QED) is 0.383. The van der Waals surface area contributed by atoms with Crippen molar-refractivity contribution in [2.75, 3.05) is 12.9 Å². The Labute approximate surface area is 207 Å². The molecule has 1 N–H and O–H groups in total. The zero-order valence-electron chi connectivity index (χ0n) is 19.0. The molecule has 3 aromatic rings. The van der Waals surface area contributed by atoms with Crippen LogP contribution in [0.4, 0.5) is 0 Å². The summed E-state index contributed by atoms with van der Waals surface area (Å²) in [5.41, 5.74) is 2.22. The van der Waals surface area contributed by atoms with Crippen molar-refractivity contribution in [3.05, 3.63) is 88.6 Å². The number of ether oxygens (including phenoxy) is 2. The van der Waals surface area contributed by atoms with Gasteiger partial charge in [-0.15, -0.1) is 0 Å². The van der Waals surface area contributed by atoms with Crippen LogP contribution in [0, 0.1) is 0 Å². The van der Waals surface area contributed by atoms with Gasteiger partial charge in [0.25, 0.3) is 0 Å². The van der Waals surface area contributed by atoms with Crippen LogP contribution in [0.3, 0.4) is 0 Å². The largest absolute Gasteiger partial charge is 0.483 e. The third-order valence-electron chi connectivity index (χ3n) is 6.01. The molecule has 2 unspecified atom stereocenters. The molecule has 0 bridgehead atoms. The number of hydrogen-bond acceptors (Lipinski definition) is 5. The molecule has 0 amide bonds. The summed E-state index contributed by atoms with van der Waals surface area (Å²) in [4.78, 5) is 15.4. The van der Waals surface area contributed by atoms with Crippen molar-refractivity contribution in [2.24, 2.45) is 0 Å². The minimum absolute atomic E-state index is 0.0273. The fourth-order valence-corrected chi connectivity index (χ4v) is 5.78. The van der Waals surface area contributed by atoms with E-state index in [4.69, 9.17) is 9.47 Å². The van der Waals surface area contributed by atoms with Gasteiger partial charge in [-0.2, -0.15) is 0 Å². The van der Waals surface area contributed by atoms with Gasteiger partial charge >= 0.3 is 5.97 Å². The van der Waals surface area contributed by atoms with Crippen molar-refractivity contribution in [3.63, 3.8) is 0 Å². The summed E-state index contributed by atoms with van der Waals surface area (Å²) in [6, 6.07) is 14.9. The maximum Gasteiger partial charge on any atom is 0.310 e. The summed E-state index contributed by atoms with van der Waals surface area (Å²) in [5.74, 6) is 0.0716. The number of aromatic nitrogens is 1. The van der Waals surface area contributed by atoms with Gasteiger partial charge in [0.15, 0.2) is 9.84 Å². The van der Waals surface area contributed by atoms with Crippen molar-refractivity contribution in [1.29, 1.82) is 0 Å². The second kappa shape index (κ2) is 9.80. The molecule has 1 heterocycles. The molecule has 4 rings (SSSR count). The van der Waals surface area contributed by atoms with Crippen molar-refractivity contribution in [3.8, 4) is 5.75 Å². The van der Waals surface area contributed by atoms with Gasteiger partial charge in [-0.25, -0.2) is 8.42 Å². The summed E-state index contributed by atoms with van der Waals surface area (Å²) in [7, 11) is -3.64. The van der Waals surface area contributed by atoms with E-state index >= 15 is 0 Å². The lowest BCUT2D eigenvalue weighted by molar-refractivity contribution is -0.142. The number of allylic oxidation sites excluding steroid dienone is 3. The molecule has 0 radical (unpaired) electrons. The van der Waals surface area contributed by atoms with Gasteiger partial charge < -0.3 is 14.5 Å². The lowest BCUT2D eigenvalue weighted by Crippen LogP contribution is -2.45. The number of para-hydroxylation sites is 1. The molecule has 1 aliphatic carbocycles. The predicted molar refractivity (Wildman–Crippen MR) is 137 cm³/mol. The molecule has 1 aromatic heterocycles. The molecule has 6 nitrogen and oxygen atoms in total. The molecule has 8 heteroatoms. The monoisotopic (exact) mass is 543 g/mol. The molecule has 0 saturated heterocycles. The Morgan fingerprint density at radius 2 is 2.00 bits per heavy atom. The van der Waals surface area contributed by atoms with Gasteiger partial charge in [0.05, 0.1) is 13.0 Å². The molecule has 0 spiro atoms. The number of hydrogen-bond donors (Lipinski definition) is 1. The van der Waals surface area contributed by atoms with Crippen LogP contribution in [0.2, 0.25) is 0 Å². The zero-order valence-corrected chi connectivity index (χ0v) is 21.4. The Bertz CT molecular complexity index is 1370. The van der Waals surface area contributed by atoms with E-state index in [1.165, 1.54) is 6.26 Å². The molecule has 2 atom stereocenters. The second-order valence-corrected chi connectivity index (χ2v) is 11.5. The molecule has 34 heavy (non-hydrogen) atoms. The first-order chi connectivity index (χ1) is 16.2. The van der Waals surface area contributed by atoms with E-state index in [1.54, 1.807) is 37.3 Å². The number of carbonyl (C=O) groups excluding carboxylic acids is 1. The third-order valence-corrected chi connectivity index (χ3v) is 8.50. The molecular weight excluding hydrogens is 518 g/mol. The van der Waals surface area contributed by atoms with E-state index < -0.39 is 20.7 Å². The number of nitrogens with one attached hydrogen (secondary N) is 1. The Balaban J connectivity index is 1.84. The normalized spacial score (nSPS) is 19.0. The van der Waals surface area contributed by atoms with Crippen LogP contribution in [0.15, 0.2) is 77.4 Å². The standard InChI is InChI=1S/C26H26BrNO5S/c1-3-32-24(29)17-19-6-4-5-7-23(19)33-25(20-9-8-18-12-15-28-22(18)16-20)26(34(2,30)31)13-10-21(27)11-14-26/h4-13,15-16,25,28H,3,14,17H2,1-2H3. The second-order valence-electron chi connectivity index (χ2n) is 8.27. The molecule has 0 fully saturated rings. The van der Waals surface area contributed by atoms with Crippen LogP contribution in [0.25, 0.3) is 10.9 Å². The number of H-pyrrole nitrogens is 1. The van der Waals surface area contributed by atoms with E-state index in [0.717, 1.165) is 15.4 Å².